The first-order valence-electron chi connectivity index (χ1n) is 9.78. The van der Waals surface area contributed by atoms with E-state index in [1.807, 2.05) is 30.3 Å². The fourth-order valence-corrected chi connectivity index (χ4v) is 3.52. The number of nitrogens with one attached hydrogen (secondary N) is 1. The average molecular weight is 400 g/mol. The van der Waals surface area contributed by atoms with Crippen LogP contribution in [0.3, 0.4) is 0 Å². The SMILES string of the molecule is COc1ccc(NC(=S)N(CCCN2CCOCC2)Cc2ccccc2)cc1. The van der Waals surface area contributed by atoms with Crippen molar-refractivity contribution in [1.82, 2.24) is 9.80 Å². The van der Waals surface area contributed by atoms with Crippen LogP contribution in [-0.4, -0.2) is 61.4 Å². The van der Waals surface area contributed by atoms with E-state index in [1.165, 1.54) is 5.56 Å². The molecule has 1 N–H and O–H groups in total. The molecule has 1 heterocycles. The van der Waals surface area contributed by atoms with Crippen LogP contribution in [0.25, 0.3) is 0 Å². The lowest BCUT2D eigenvalue weighted by atomic mass is 10.2. The van der Waals surface area contributed by atoms with Crippen molar-refractivity contribution in [3.63, 3.8) is 0 Å². The van der Waals surface area contributed by atoms with E-state index in [-0.39, 0.29) is 0 Å². The van der Waals surface area contributed by atoms with Crippen molar-refractivity contribution in [3.8, 4) is 5.75 Å². The van der Waals surface area contributed by atoms with Gasteiger partial charge in [-0.2, -0.15) is 0 Å². The summed E-state index contributed by atoms with van der Waals surface area (Å²) in [4.78, 5) is 4.71. The molecule has 1 fully saturated rings. The number of hydrogen-bond donors (Lipinski definition) is 1. The van der Waals surface area contributed by atoms with Crippen LogP contribution in [0.15, 0.2) is 54.6 Å². The van der Waals surface area contributed by atoms with Gasteiger partial charge in [-0.05, 0) is 48.5 Å². The molecule has 2 aromatic rings. The van der Waals surface area contributed by atoms with Crippen molar-refractivity contribution in [2.24, 2.45) is 0 Å². The first-order valence-corrected chi connectivity index (χ1v) is 10.2. The maximum Gasteiger partial charge on any atom is 0.173 e. The Kier molecular flexibility index (Phi) is 8.08. The molecule has 1 aliphatic rings. The van der Waals surface area contributed by atoms with Crippen molar-refractivity contribution in [1.29, 1.82) is 0 Å². The maximum absolute atomic E-state index is 5.74. The van der Waals surface area contributed by atoms with Crippen LogP contribution < -0.4 is 10.1 Å². The first-order chi connectivity index (χ1) is 13.7. The molecule has 5 nitrogen and oxygen atoms in total. The molecule has 0 aromatic heterocycles. The second-order valence-electron chi connectivity index (χ2n) is 6.87. The number of hydrogen-bond acceptors (Lipinski definition) is 4. The highest BCUT2D eigenvalue weighted by atomic mass is 32.1. The second kappa shape index (κ2) is 11.0. The summed E-state index contributed by atoms with van der Waals surface area (Å²) in [5, 5.41) is 4.12. The monoisotopic (exact) mass is 399 g/mol. The summed E-state index contributed by atoms with van der Waals surface area (Å²) in [6, 6.07) is 18.3. The second-order valence-corrected chi connectivity index (χ2v) is 7.26. The lowest BCUT2D eigenvalue weighted by Gasteiger charge is -2.29. The molecule has 0 unspecified atom stereocenters. The van der Waals surface area contributed by atoms with Gasteiger partial charge in [-0.1, -0.05) is 30.3 Å². The molecule has 0 aliphatic carbocycles. The fraction of sp³-hybridized carbons (Fsp3) is 0.409. The average Bonchev–Trinajstić information content (AvgIpc) is 2.75. The number of benzene rings is 2. The molecule has 1 aliphatic heterocycles. The van der Waals surface area contributed by atoms with Crippen LogP contribution in [0.2, 0.25) is 0 Å². The molecular weight excluding hydrogens is 370 g/mol. The Morgan fingerprint density at radius 2 is 1.82 bits per heavy atom. The lowest BCUT2D eigenvalue weighted by molar-refractivity contribution is 0.0368. The van der Waals surface area contributed by atoms with Crippen LogP contribution in [0.5, 0.6) is 5.75 Å². The molecule has 28 heavy (non-hydrogen) atoms. The lowest BCUT2D eigenvalue weighted by Crippen LogP contribution is -2.40. The summed E-state index contributed by atoms with van der Waals surface area (Å²) >= 11 is 5.74. The van der Waals surface area contributed by atoms with Crippen molar-refractivity contribution in [2.75, 3.05) is 51.8 Å². The van der Waals surface area contributed by atoms with Crippen molar-refractivity contribution in [3.05, 3.63) is 60.2 Å². The van der Waals surface area contributed by atoms with E-state index in [4.69, 9.17) is 21.7 Å². The Labute approximate surface area is 173 Å². The van der Waals surface area contributed by atoms with Crippen molar-refractivity contribution >= 4 is 23.0 Å². The summed E-state index contributed by atoms with van der Waals surface area (Å²) in [5.41, 5.74) is 2.23. The zero-order valence-electron chi connectivity index (χ0n) is 16.5. The first kappa shape index (κ1) is 20.6. The number of morpholine rings is 1. The number of thiocarbonyl (C=S) groups is 1. The third-order valence-electron chi connectivity index (χ3n) is 4.85. The van der Waals surface area contributed by atoms with Crippen LogP contribution >= 0.6 is 12.2 Å². The Balaban J connectivity index is 1.59. The molecule has 0 atom stereocenters. The predicted molar refractivity (Wildman–Crippen MR) is 118 cm³/mol. The smallest absolute Gasteiger partial charge is 0.173 e. The van der Waals surface area contributed by atoms with E-state index < -0.39 is 0 Å². The molecule has 1 saturated heterocycles. The summed E-state index contributed by atoms with van der Waals surface area (Å²) in [6.07, 6.45) is 1.07. The Bertz CT molecular complexity index is 718. The van der Waals surface area contributed by atoms with Gasteiger partial charge in [0.15, 0.2) is 5.11 Å². The molecule has 0 spiro atoms. The van der Waals surface area contributed by atoms with Gasteiger partial charge < -0.3 is 19.7 Å². The van der Waals surface area contributed by atoms with E-state index in [2.05, 4.69) is 39.4 Å². The molecule has 0 radical (unpaired) electrons. The number of rotatable bonds is 8. The van der Waals surface area contributed by atoms with Gasteiger partial charge in [0.05, 0.1) is 20.3 Å². The maximum atomic E-state index is 5.74. The normalized spacial score (nSPS) is 14.5. The molecule has 2 aromatic carbocycles. The quantitative estimate of drug-likeness (QED) is 0.684. The van der Waals surface area contributed by atoms with E-state index >= 15 is 0 Å². The Morgan fingerprint density at radius 3 is 2.50 bits per heavy atom. The summed E-state index contributed by atoms with van der Waals surface area (Å²) < 4.78 is 10.7. The number of anilines is 1. The number of methoxy groups -OCH3 is 1. The molecule has 150 valence electrons. The third kappa shape index (κ3) is 6.48. The van der Waals surface area contributed by atoms with E-state index in [9.17, 15) is 0 Å². The zero-order chi connectivity index (χ0) is 19.6. The Morgan fingerprint density at radius 1 is 1.11 bits per heavy atom. The van der Waals surface area contributed by atoms with Crippen molar-refractivity contribution < 1.29 is 9.47 Å². The van der Waals surface area contributed by atoms with Gasteiger partial charge in [-0.25, -0.2) is 0 Å². The van der Waals surface area contributed by atoms with Gasteiger partial charge in [0.2, 0.25) is 0 Å². The highest BCUT2D eigenvalue weighted by molar-refractivity contribution is 7.80. The largest absolute Gasteiger partial charge is 0.497 e. The molecular formula is C22H29N3O2S. The molecule has 6 heteroatoms. The summed E-state index contributed by atoms with van der Waals surface area (Å²) in [5.74, 6) is 0.836. The molecule has 0 amide bonds. The summed E-state index contributed by atoms with van der Waals surface area (Å²) in [6.45, 7) is 6.50. The van der Waals surface area contributed by atoms with Crippen LogP contribution in [0.4, 0.5) is 5.69 Å². The van der Waals surface area contributed by atoms with Gasteiger partial charge >= 0.3 is 0 Å². The minimum atomic E-state index is 0.746. The Hall–Kier alpha value is -2.15. The minimum absolute atomic E-state index is 0.746. The molecule has 3 rings (SSSR count). The fourth-order valence-electron chi connectivity index (χ4n) is 3.24. The van der Waals surface area contributed by atoms with Gasteiger partial charge in [0.1, 0.15) is 5.75 Å². The van der Waals surface area contributed by atoms with E-state index in [1.54, 1.807) is 7.11 Å². The van der Waals surface area contributed by atoms with Gasteiger partial charge in [-0.15, -0.1) is 0 Å². The molecule has 0 bridgehead atoms. The van der Waals surface area contributed by atoms with Crippen LogP contribution in [0.1, 0.15) is 12.0 Å². The van der Waals surface area contributed by atoms with Crippen molar-refractivity contribution in [2.45, 2.75) is 13.0 Å². The van der Waals surface area contributed by atoms with E-state index in [0.29, 0.717) is 0 Å². The van der Waals surface area contributed by atoms with Crippen LogP contribution in [-0.2, 0) is 11.3 Å². The summed E-state index contributed by atoms with van der Waals surface area (Å²) in [7, 11) is 1.67. The van der Waals surface area contributed by atoms with Gasteiger partial charge in [0.25, 0.3) is 0 Å². The van der Waals surface area contributed by atoms with Gasteiger partial charge in [0, 0.05) is 38.4 Å². The third-order valence-corrected chi connectivity index (χ3v) is 5.21. The van der Waals surface area contributed by atoms with E-state index in [0.717, 1.165) is 68.9 Å². The van der Waals surface area contributed by atoms with Gasteiger partial charge in [-0.3, -0.25) is 4.90 Å². The standard InChI is InChI=1S/C22H29N3O2S/c1-26-21-10-8-20(9-11-21)23-22(28)25(18-19-6-3-2-4-7-19)13-5-12-24-14-16-27-17-15-24/h2-4,6-11H,5,12-18H2,1H3,(H,23,28). The highest BCUT2D eigenvalue weighted by Crippen LogP contribution is 2.16. The highest BCUT2D eigenvalue weighted by Gasteiger charge is 2.14. The number of nitrogens with zero attached hydrogens (tertiary/aromatic N) is 2. The minimum Gasteiger partial charge on any atom is -0.497 e. The van der Waals surface area contributed by atoms with Crippen LogP contribution in [0, 0.1) is 0 Å². The molecule has 0 saturated carbocycles. The predicted octanol–water partition coefficient (Wildman–Crippen LogP) is 3.62. The topological polar surface area (TPSA) is 37.0 Å². The number of ether oxygens (including phenoxy) is 2. The zero-order valence-corrected chi connectivity index (χ0v) is 17.3.